The van der Waals surface area contributed by atoms with Crippen LogP contribution in [0.4, 0.5) is 0 Å². The van der Waals surface area contributed by atoms with E-state index in [1.165, 1.54) is 25.7 Å². The van der Waals surface area contributed by atoms with Gasteiger partial charge in [-0.25, -0.2) is 4.79 Å². The molecule has 0 spiro atoms. The van der Waals surface area contributed by atoms with Crippen molar-refractivity contribution >= 4 is 11.9 Å². The molecule has 6 nitrogen and oxygen atoms in total. The van der Waals surface area contributed by atoms with E-state index >= 15 is 0 Å². The standard InChI is InChI=1S/C29H47NO5/c1-17(6-9-26(33)30-14-4-5-24(30)27(34)35)20-7-8-21-19-16-25(32)23-15-18(31)10-12-29(23,3)22(19)11-13-28(20,21)2/h17-25,31-32H,4-16H2,1-3H3,(H,34,35)/t17-,18-,19?,20-,21?,22?,23-,24+,25+,28-,29-/m1/s1. The fourth-order valence-electron chi connectivity index (χ4n) is 10.3. The predicted octanol–water partition coefficient (Wildman–Crippen LogP) is 4.47. The summed E-state index contributed by atoms with van der Waals surface area (Å²) in [6.07, 6.45) is 10.6. The van der Waals surface area contributed by atoms with Crippen molar-refractivity contribution < 1.29 is 24.9 Å². The van der Waals surface area contributed by atoms with E-state index in [0.29, 0.717) is 49.0 Å². The normalized spacial score (nSPS) is 48.1. The van der Waals surface area contributed by atoms with Crippen LogP contribution in [-0.4, -0.2) is 56.9 Å². The molecule has 0 radical (unpaired) electrons. The summed E-state index contributed by atoms with van der Waals surface area (Å²) in [5, 5.41) is 31.0. The van der Waals surface area contributed by atoms with Crippen LogP contribution < -0.4 is 0 Å². The van der Waals surface area contributed by atoms with Crippen molar-refractivity contribution in [2.75, 3.05) is 6.54 Å². The van der Waals surface area contributed by atoms with Crippen LogP contribution >= 0.6 is 0 Å². The number of aliphatic hydroxyl groups is 2. The van der Waals surface area contributed by atoms with Crippen molar-refractivity contribution in [3.05, 3.63) is 0 Å². The van der Waals surface area contributed by atoms with Gasteiger partial charge in [0.25, 0.3) is 0 Å². The second kappa shape index (κ2) is 9.31. The van der Waals surface area contributed by atoms with Crippen molar-refractivity contribution in [1.82, 2.24) is 4.90 Å². The van der Waals surface area contributed by atoms with Gasteiger partial charge in [-0.2, -0.15) is 0 Å². The van der Waals surface area contributed by atoms with Crippen LogP contribution in [0.25, 0.3) is 0 Å². The topological polar surface area (TPSA) is 98.1 Å². The highest BCUT2D eigenvalue weighted by molar-refractivity contribution is 5.84. The van der Waals surface area contributed by atoms with Gasteiger partial charge >= 0.3 is 5.97 Å². The van der Waals surface area contributed by atoms with Crippen molar-refractivity contribution in [2.24, 2.45) is 46.3 Å². The highest BCUT2D eigenvalue weighted by Gasteiger charge is 2.62. The minimum absolute atomic E-state index is 0.0130. The third-order valence-electron chi connectivity index (χ3n) is 12.1. The molecule has 5 aliphatic rings. The van der Waals surface area contributed by atoms with Crippen LogP contribution in [0, 0.1) is 46.3 Å². The Morgan fingerprint density at radius 1 is 0.943 bits per heavy atom. The van der Waals surface area contributed by atoms with E-state index in [1.54, 1.807) is 4.90 Å². The molecule has 1 aliphatic heterocycles. The number of likely N-dealkylation sites (tertiary alicyclic amines) is 1. The molecule has 1 heterocycles. The van der Waals surface area contributed by atoms with Crippen LogP contribution in [0.5, 0.6) is 0 Å². The summed E-state index contributed by atoms with van der Waals surface area (Å²) < 4.78 is 0. The highest BCUT2D eigenvalue weighted by Crippen LogP contribution is 2.68. The molecule has 0 aromatic rings. The molecule has 35 heavy (non-hydrogen) atoms. The molecule has 0 aromatic carbocycles. The predicted molar refractivity (Wildman–Crippen MR) is 133 cm³/mol. The summed E-state index contributed by atoms with van der Waals surface area (Å²) in [6.45, 7) is 7.80. The maximum atomic E-state index is 12.9. The van der Waals surface area contributed by atoms with Crippen molar-refractivity contribution in [2.45, 2.75) is 116 Å². The monoisotopic (exact) mass is 489 g/mol. The van der Waals surface area contributed by atoms with Crippen LogP contribution in [0.1, 0.15) is 97.8 Å². The third kappa shape index (κ3) is 4.15. The van der Waals surface area contributed by atoms with Crippen molar-refractivity contribution in [3.63, 3.8) is 0 Å². The second-order valence-corrected chi connectivity index (χ2v) is 13.5. The first-order chi connectivity index (χ1) is 16.6. The Morgan fingerprint density at radius 3 is 2.40 bits per heavy atom. The maximum absolute atomic E-state index is 12.9. The zero-order chi connectivity index (χ0) is 25.1. The molecule has 6 heteroatoms. The van der Waals surface area contributed by atoms with E-state index in [0.717, 1.165) is 38.5 Å². The van der Waals surface area contributed by atoms with Gasteiger partial charge in [0.1, 0.15) is 6.04 Å². The zero-order valence-electron chi connectivity index (χ0n) is 22.0. The average Bonchev–Trinajstić information content (AvgIpc) is 3.43. The number of amides is 1. The smallest absolute Gasteiger partial charge is 0.326 e. The Labute approximate surface area is 210 Å². The van der Waals surface area contributed by atoms with Gasteiger partial charge in [0, 0.05) is 13.0 Å². The Hall–Kier alpha value is -1.14. The Balaban J connectivity index is 1.25. The van der Waals surface area contributed by atoms with Crippen molar-refractivity contribution in [1.29, 1.82) is 0 Å². The van der Waals surface area contributed by atoms with Gasteiger partial charge in [0.05, 0.1) is 12.2 Å². The molecular formula is C29H47NO5. The second-order valence-electron chi connectivity index (χ2n) is 13.5. The molecule has 5 rings (SSSR count). The Bertz CT molecular complexity index is 832. The van der Waals surface area contributed by atoms with E-state index in [-0.39, 0.29) is 34.9 Å². The van der Waals surface area contributed by atoms with Crippen LogP contribution in [0.3, 0.4) is 0 Å². The van der Waals surface area contributed by atoms with Crippen LogP contribution in [0.15, 0.2) is 0 Å². The first kappa shape index (κ1) is 25.5. The van der Waals surface area contributed by atoms with E-state index in [9.17, 15) is 24.9 Å². The quantitative estimate of drug-likeness (QED) is 0.529. The fourth-order valence-corrected chi connectivity index (χ4v) is 10.3. The van der Waals surface area contributed by atoms with Gasteiger partial charge in [0.2, 0.25) is 5.91 Å². The summed E-state index contributed by atoms with van der Waals surface area (Å²) >= 11 is 0. The Morgan fingerprint density at radius 2 is 1.66 bits per heavy atom. The Kier molecular flexibility index (Phi) is 6.78. The zero-order valence-corrected chi connectivity index (χ0v) is 22.0. The molecule has 1 amide bonds. The van der Waals surface area contributed by atoms with Crippen molar-refractivity contribution in [3.8, 4) is 0 Å². The highest BCUT2D eigenvalue weighted by atomic mass is 16.4. The lowest BCUT2D eigenvalue weighted by Crippen LogP contribution is -2.58. The lowest BCUT2D eigenvalue weighted by atomic mass is 9.44. The van der Waals surface area contributed by atoms with E-state index < -0.39 is 12.0 Å². The number of aliphatic carboxylic acids is 1. The SMILES string of the molecule is C[C@H](CCC(=O)N1CCC[C@H]1C(=O)O)[C@H]1CCC2C3C[C@H](O)[C@H]4C[C@H](O)CC[C@]4(C)C3CC[C@@]21C. The summed E-state index contributed by atoms with van der Waals surface area (Å²) in [5.74, 6) is 2.27. The van der Waals surface area contributed by atoms with Crippen LogP contribution in [-0.2, 0) is 9.59 Å². The number of carbonyl (C=O) groups is 2. The molecule has 3 N–H and O–H groups in total. The van der Waals surface area contributed by atoms with Gasteiger partial charge in [0.15, 0.2) is 0 Å². The average molecular weight is 490 g/mol. The third-order valence-corrected chi connectivity index (χ3v) is 12.1. The molecule has 4 saturated carbocycles. The molecule has 0 bridgehead atoms. The molecule has 198 valence electrons. The number of carboxylic acids is 1. The number of carbonyl (C=O) groups excluding carboxylic acids is 1. The van der Waals surface area contributed by atoms with Crippen LogP contribution in [0.2, 0.25) is 0 Å². The lowest BCUT2D eigenvalue weighted by Gasteiger charge is -2.62. The number of hydrogen-bond acceptors (Lipinski definition) is 4. The molecule has 0 aromatic heterocycles. The number of fused-ring (bicyclic) bond motifs is 5. The molecule has 5 fully saturated rings. The summed E-state index contributed by atoms with van der Waals surface area (Å²) in [4.78, 5) is 26.0. The van der Waals surface area contributed by atoms with E-state index in [2.05, 4.69) is 20.8 Å². The molecule has 1 saturated heterocycles. The van der Waals surface area contributed by atoms with E-state index in [1.807, 2.05) is 0 Å². The minimum atomic E-state index is -0.870. The largest absolute Gasteiger partial charge is 0.480 e. The number of carboxylic acid groups (broad SMARTS) is 1. The number of hydrogen-bond donors (Lipinski definition) is 3. The van der Waals surface area contributed by atoms with Gasteiger partial charge < -0.3 is 20.2 Å². The first-order valence-corrected chi connectivity index (χ1v) is 14.4. The summed E-state index contributed by atoms with van der Waals surface area (Å²) in [5.41, 5.74) is 0.410. The van der Waals surface area contributed by atoms with Gasteiger partial charge in [-0.1, -0.05) is 20.8 Å². The number of nitrogens with zero attached hydrogens (tertiary/aromatic N) is 1. The molecule has 4 aliphatic carbocycles. The summed E-state index contributed by atoms with van der Waals surface area (Å²) in [6, 6.07) is -0.634. The maximum Gasteiger partial charge on any atom is 0.326 e. The molecule has 3 unspecified atom stereocenters. The van der Waals surface area contributed by atoms with E-state index in [4.69, 9.17) is 0 Å². The summed E-state index contributed by atoms with van der Waals surface area (Å²) in [7, 11) is 0. The lowest BCUT2D eigenvalue weighted by molar-refractivity contribution is -0.172. The number of aliphatic hydroxyl groups excluding tert-OH is 2. The minimum Gasteiger partial charge on any atom is -0.480 e. The molecule has 11 atom stereocenters. The fraction of sp³-hybridized carbons (Fsp3) is 0.931. The van der Waals surface area contributed by atoms with Gasteiger partial charge in [-0.3, -0.25) is 4.79 Å². The first-order valence-electron chi connectivity index (χ1n) is 14.4. The molecular weight excluding hydrogens is 442 g/mol. The van der Waals surface area contributed by atoms with Gasteiger partial charge in [-0.05, 0) is 117 Å². The van der Waals surface area contributed by atoms with Gasteiger partial charge in [-0.15, -0.1) is 0 Å². The number of rotatable bonds is 5.